The third-order valence-electron chi connectivity index (χ3n) is 6.22. The molecule has 1 aromatic heterocycles. The van der Waals surface area contributed by atoms with Crippen LogP contribution >= 0.6 is 0 Å². The molecule has 0 bridgehead atoms. The summed E-state index contributed by atoms with van der Waals surface area (Å²) < 4.78 is 19.4. The fourth-order valence-corrected chi connectivity index (χ4v) is 4.81. The summed E-state index contributed by atoms with van der Waals surface area (Å²) >= 11 is 0. The highest BCUT2D eigenvalue weighted by Crippen LogP contribution is 2.39. The lowest BCUT2D eigenvalue weighted by molar-refractivity contribution is -0.163. The number of carbonyl (C=O) groups is 1. The Kier molecular flexibility index (Phi) is 6.33. The van der Waals surface area contributed by atoms with Crippen LogP contribution in [0.15, 0.2) is 18.2 Å². The molecule has 4 rings (SSSR count). The molecule has 1 aromatic carbocycles. The first kappa shape index (κ1) is 19.5. The minimum absolute atomic E-state index is 0.0839. The van der Waals surface area contributed by atoms with E-state index in [1.165, 1.54) is 31.4 Å². The van der Waals surface area contributed by atoms with Crippen LogP contribution in [0.2, 0.25) is 0 Å². The van der Waals surface area contributed by atoms with E-state index in [1.54, 1.807) is 7.11 Å². The minimum atomic E-state index is -0.0839. The Labute approximate surface area is 166 Å². The molecular formula is C23H31NO4. The van der Waals surface area contributed by atoms with Crippen LogP contribution in [0.25, 0.3) is 10.9 Å². The van der Waals surface area contributed by atoms with Crippen LogP contribution < -0.4 is 4.74 Å². The zero-order valence-corrected chi connectivity index (χ0v) is 16.8. The van der Waals surface area contributed by atoms with Crippen molar-refractivity contribution in [3.8, 4) is 5.75 Å². The van der Waals surface area contributed by atoms with Crippen molar-refractivity contribution in [3.05, 3.63) is 29.5 Å². The molecule has 1 unspecified atom stereocenters. The summed E-state index contributed by atoms with van der Waals surface area (Å²) in [7, 11) is 1.67. The molecule has 1 aliphatic heterocycles. The number of methoxy groups -OCH3 is 1. The smallest absolute Gasteiger partial charge is 0.157 e. The van der Waals surface area contributed by atoms with Gasteiger partial charge in [0.05, 0.1) is 13.7 Å². The van der Waals surface area contributed by atoms with Crippen molar-refractivity contribution in [2.24, 2.45) is 0 Å². The molecule has 2 fully saturated rings. The van der Waals surface area contributed by atoms with E-state index in [-0.39, 0.29) is 6.29 Å². The number of hydrogen-bond donors (Lipinski definition) is 0. The van der Waals surface area contributed by atoms with Gasteiger partial charge in [-0.15, -0.1) is 0 Å². The van der Waals surface area contributed by atoms with Crippen LogP contribution in [0.4, 0.5) is 0 Å². The maximum Gasteiger partial charge on any atom is 0.157 e. The number of rotatable bonds is 7. The first-order valence-electron chi connectivity index (χ1n) is 10.7. The number of aldehydes is 1. The summed E-state index contributed by atoms with van der Waals surface area (Å²) in [6.07, 6.45) is 10.3. The Morgan fingerprint density at radius 2 is 1.96 bits per heavy atom. The predicted molar refractivity (Wildman–Crippen MR) is 109 cm³/mol. The van der Waals surface area contributed by atoms with E-state index in [0.717, 1.165) is 67.3 Å². The maximum absolute atomic E-state index is 12.1. The Hall–Kier alpha value is -1.85. The van der Waals surface area contributed by atoms with Gasteiger partial charge in [-0.3, -0.25) is 4.79 Å². The second kappa shape index (κ2) is 9.10. The molecular weight excluding hydrogens is 354 g/mol. The average molecular weight is 386 g/mol. The molecule has 1 saturated carbocycles. The summed E-state index contributed by atoms with van der Waals surface area (Å²) in [6.45, 7) is 2.13. The largest absolute Gasteiger partial charge is 0.497 e. The lowest BCUT2D eigenvalue weighted by atomic mass is 9.85. The lowest BCUT2D eigenvalue weighted by Gasteiger charge is -2.26. The Bertz CT molecular complexity index is 801. The number of hydrogen-bond acceptors (Lipinski definition) is 4. The molecule has 1 saturated heterocycles. The molecule has 152 valence electrons. The van der Waals surface area contributed by atoms with Gasteiger partial charge in [-0.25, -0.2) is 0 Å². The van der Waals surface area contributed by atoms with Crippen molar-refractivity contribution >= 4 is 17.2 Å². The first-order valence-corrected chi connectivity index (χ1v) is 10.7. The van der Waals surface area contributed by atoms with E-state index < -0.39 is 0 Å². The van der Waals surface area contributed by atoms with Gasteiger partial charge in [0.15, 0.2) is 12.6 Å². The van der Waals surface area contributed by atoms with E-state index in [4.69, 9.17) is 14.2 Å². The molecule has 2 aliphatic rings. The van der Waals surface area contributed by atoms with Crippen LogP contribution in [0.5, 0.6) is 5.75 Å². The van der Waals surface area contributed by atoms with Crippen LogP contribution in [-0.2, 0) is 16.0 Å². The molecule has 28 heavy (non-hydrogen) atoms. The number of carbonyl (C=O) groups excluding carboxylic acids is 1. The average Bonchev–Trinajstić information content (AvgIpc) is 3.07. The van der Waals surface area contributed by atoms with Crippen molar-refractivity contribution in [2.45, 2.75) is 70.1 Å². The number of nitrogens with zero attached hydrogens (tertiary/aromatic N) is 1. The Balaban J connectivity index is 1.66. The summed E-state index contributed by atoms with van der Waals surface area (Å²) in [5.41, 5.74) is 3.11. The quantitative estimate of drug-likeness (QED) is 0.626. The molecule has 0 N–H and O–H groups in total. The maximum atomic E-state index is 12.1. The van der Waals surface area contributed by atoms with Crippen molar-refractivity contribution in [2.75, 3.05) is 20.3 Å². The molecule has 1 aliphatic carbocycles. The fraction of sp³-hybridized carbons (Fsp3) is 0.609. The molecule has 2 heterocycles. The third kappa shape index (κ3) is 3.96. The highest BCUT2D eigenvalue weighted by molar-refractivity contribution is 6.00. The van der Waals surface area contributed by atoms with Gasteiger partial charge >= 0.3 is 0 Å². The number of aromatic nitrogens is 1. The summed E-state index contributed by atoms with van der Waals surface area (Å²) in [5.74, 6) is 1.23. The molecule has 5 nitrogen and oxygen atoms in total. The van der Waals surface area contributed by atoms with Gasteiger partial charge in [-0.2, -0.15) is 0 Å². The number of fused-ring (bicyclic) bond motifs is 1. The summed E-state index contributed by atoms with van der Waals surface area (Å²) in [4.78, 5) is 12.1. The van der Waals surface area contributed by atoms with Crippen molar-refractivity contribution in [1.82, 2.24) is 4.57 Å². The van der Waals surface area contributed by atoms with Crippen LogP contribution in [-0.4, -0.2) is 37.5 Å². The van der Waals surface area contributed by atoms with Gasteiger partial charge in [0, 0.05) is 35.3 Å². The highest BCUT2D eigenvalue weighted by Gasteiger charge is 2.26. The molecule has 0 amide bonds. The van der Waals surface area contributed by atoms with Crippen LogP contribution in [0.3, 0.4) is 0 Å². The van der Waals surface area contributed by atoms with Gasteiger partial charge < -0.3 is 18.8 Å². The van der Waals surface area contributed by atoms with Crippen molar-refractivity contribution in [1.29, 1.82) is 0 Å². The van der Waals surface area contributed by atoms with Gasteiger partial charge in [0.25, 0.3) is 0 Å². The third-order valence-corrected chi connectivity index (χ3v) is 6.22. The van der Waals surface area contributed by atoms with E-state index in [9.17, 15) is 4.79 Å². The Morgan fingerprint density at radius 1 is 1.14 bits per heavy atom. The molecule has 0 radical (unpaired) electrons. The SMILES string of the molecule is COc1ccc2c(c1)c(C=O)c(C1CCCCC1)n2CCOC1CCCCO1. The molecule has 1 atom stereocenters. The normalized spacial score (nSPS) is 21.1. The van der Waals surface area contributed by atoms with Crippen molar-refractivity contribution in [3.63, 3.8) is 0 Å². The summed E-state index contributed by atoms with van der Waals surface area (Å²) in [5, 5.41) is 0.990. The molecule has 0 spiro atoms. The van der Waals surface area contributed by atoms with E-state index >= 15 is 0 Å². The second-order valence-electron chi connectivity index (χ2n) is 7.95. The highest BCUT2D eigenvalue weighted by atomic mass is 16.7. The number of benzene rings is 1. The van der Waals surface area contributed by atoms with Gasteiger partial charge in [-0.1, -0.05) is 19.3 Å². The summed E-state index contributed by atoms with van der Waals surface area (Å²) in [6, 6.07) is 6.04. The van der Waals surface area contributed by atoms with Crippen LogP contribution in [0, 0.1) is 0 Å². The van der Waals surface area contributed by atoms with Crippen molar-refractivity contribution < 1.29 is 19.0 Å². The second-order valence-corrected chi connectivity index (χ2v) is 7.95. The van der Waals surface area contributed by atoms with Crippen LogP contribution in [0.1, 0.15) is 73.3 Å². The van der Waals surface area contributed by atoms with Gasteiger partial charge in [-0.05, 0) is 56.2 Å². The first-order chi connectivity index (χ1) is 13.8. The molecule has 2 aromatic rings. The zero-order valence-electron chi connectivity index (χ0n) is 16.8. The zero-order chi connectivity index (χ0) is 19.3. The van der Waals surface area contributed by atoms with Gasteiger partial charge in [0.1, 0.15) is 5.75 Å². The van der Waals surface area contributed by atoms with E-state index in [2.05, 4.69) is 10.6 Å². The Morgan fingerprint density at radius 3 is 2.68 bits per heavy atom. The van der Waals surface area contributed by atoms with Gasteiger partial charge in [0.2, 0.25) is 0 Å². The molecule has 5 heteroatoms. The van der Waals surface area contributed by atoms with E-state index in [1.807, 2.05) is 12.1 Å². The lowest BCUT2D eigenvalue weighted by Crippen LogP contribution is -2.24. The monoisotopic (exact) mass is 385 g/mol. The fourth-order valence-electron chi connectivity index (χ4n) is 4.81. The standard InChI is InChI=1S/C23H31NO4/c1-26-18-10-11-21-19(15-18)20(16-25)23(17-7-3-2-4-8-17)24(21)12-14-28-22-9-5-6-13-27-22/h10-11,15-17,22H,2-9,12-14H2,1H3. The topological polar surface area (TPSA) is 49.7 Å². The number of ether oxygens (including phenoxy) is 3. The predicted octanol–water partition coefficient (Wildman–Crippen LogP) is 5.05. The van der Waals surface area contributed by atoms with E-state index in [0.29, 0.717) is 12.5 Å². The minimum Gasteiger partial charge on any atom is -0.497 e.